The van der Waals surface area contributed by atoms with Crippen molar-refractivity contribution in [2.75, 3.05) is 0 Å². The van der Waals surface area contributed by atoms with Gasteiger partial charge in [-0.15, -0.1) is 53.6 Å². The van der Waals surface area contributed by atoms with Crippen LogP contribution in [0, 0.1) is 17.5 Å². The van der Waals surface area contributed by atoms with Gasteiger partial charge in [0.05, 0.1) is 36.2 Å². The van der Waals surface area contributed by atoms with Gasteiger partial charge in [-0.1, -0.05) is 193 Å². The fourth-order valence-electron chi connectivity index (χ4n) is 8.88. The van der Waals surface area contributed by atoms with Crippen molar-refractivity contribution < 1.29 is 24.5 Å². The molecule has 3 aromatic heterocycles. The van der Waals surface area contributed by atoms with Gasteiger partial charge >= 0.3 is 0 Å². The summed E-state index contributed by atoms with van der Waals surface area (Å²) in [4.78, 5) is 10.1. The number of fused-ring (bicyclic) bond motifs is 4. The van der Waals surface area contributed by atoms with Crippen molar-refractivity contribution >= 4 is 46.2 Å². The van der Waals surface area contributed by atoms with Gasteiger partial charge < -0.3 is 14.0 Å². The molecule has 3 heterocycles. The summed E-state index contributed by atoms with van der Waals surface area (Å²) in [5, 5.41) is 3.63. The Kier molecular flexibility index (Phi) is 13.1. The summed E-state index contributed by atoms with van der Waals surface area (Å²) in [7, 11) is -1.42. The minimum Gasteiger partial charge on any atom is -0.501 e. The molecular weight excluding hydrogens is 999 g/mol. The molecule has 333 valence electrons. The third kappa shape index (κ3) is 9.55. The molecule has 0 aliphatic heterocycles. The van der Waals surface area contributed by atoms with E-state index < -0.39 is 8.07 Å². The molecule has 0 amide bonds. The van der Waals surface area contributed by atoms with E-state index in [1.807, 2.05) is 36.4 Å². The monoisotopic (exact) mass is 1060 g/mol. The molecule has 6 heteroatoms. The van der Waals surface area contributed by atoms with Crippen LogP contribution in [0.25, 0.3) is 83.6 Å². The predicted octanol–water partition coefficient (Wildman–Crippen LogP) is 15.7. The zero-order valence-electron chi connectivity index (χ0n) is 39.5. The number of pyridine rings is 1. The SMILES string of the molecule is CC(C)(C)Cc1cc(-c2[c-]ccc(C(C)(C)C)c2)ncc1[Si](C)(C)C.[Ir].[c-]1ccc2c(oc3ccccc32)c1-c1nc2ccccc2n1-c1c(-c2ccccc2)cccc1-c1ccccc1. The Hall–Kier alpha value is -6.17. The fraction of sp³-hybridized carbons (Fsp3) is 0.200. The van der Waals surface area contributed by atoms with E-state index in [4.69, 9.17) is 14.4 Å². The normalized spacial score (nSPS) is 12.0. The first-order valence-corrected chi connectivity index (χ1v) is 26.2. The molecule has 0 spiro atoms. The molecule has 66 heavy (non-hydrogen) atoms. The Morgan fingerprint density at radius 3 is 1.91 bits per heavy atom. The molecular formula is C60H57IrN3OSi-2. The van der Waals surface area contributed by atoms with Gasteiger partial charge in [-0.2, -0.15) is 0 Å². The molecule has 0 atom stereocenters. The Labute approximate surface area is 405 Å². The second-order valence-corrected chi connectivity index (χ2v) is 25.4. The summed E-state index contributed by atoms with van der Waals surface area (Å²) in [6.45, 7) is 20.9. The summed E-state index contributed by atoms with van der Waals surface area (Å²) in [6.07, 6.45) is 3.22. The molecule has 0 aliphatic carbocycles. The average molecular weight is 1060 g/mol. The zero-order valence-corrected chi connectivity index (χ0v) is 42.9. The summed E-state index contributed by atoms with van der Waals surface area (Å²) in [5.74, 6) is 0.798. The van der Waals surface area contributed by atoms with Crippen LogP contribution in [-0.4, -0.2) is 22.6 Å². The molecule has 4 nitrogen and oxygen atoms in total. The van der Waals surface area contributed by atoms with Crippen LogP contribution in [0.3, 0.4) is 0 Å². The quantitative estimate of drug-likeness (QED) is 0.118. The number of para-hydroxylation sites is 4. The van der Waals surface area contributed by atoms with Gasteiger partial charge in [0.2, 0.25) is 0 Å². The van der Waals surface area contributed by atoms with Crippen LogP contribution in [0.5, 0.6) is 0 Å². The van der Waals surface area contributed by atoms with E-state index in [0.29, 0.717) is 0 Å². The van der Waals surface area contributed by atoms with Gasteiger partial charge in [-0.3, -0.25) is 4.98 Å². The first kappa shape index (κ1) is 46.4. The second kappa shape index (κ2) is 18.6. The number of rotatable bonds is 7. The number of benzene rings is 7. The molecule has 10 rings (SSSR count). The minimum absolute atomic E-state index is 0. The molecule has 0 fully saturated rings. The van der Waals surface area contributed by atoms with Crippen molar-refractivity contribution in [1.82, 2.24) is 14.5 Å². The van der Waals surface area contributed by atoms with Crippen LogP contribution in [-0.2, 0) is 31.9 Å². The average Bonchev–Trinajstić information content (AvgIpc) is 3.87. The number of aromatic nitrogens is 3. The minimum atomic E-state index is -1.42. The molecule has 0 bridgehead atoms. The van der Waals surface area contributed by atoms with E-state index in [-0.39, 0.29) is 30.9 Å². The molecule has 10 aromatic rings. The Bertz CT molecular complexity index is 3240. The van der Waals surface area contributed by atoms with Crippen molar-refractivity contribution in [1.29, 1.82) is 0 Å². The van der Waals surface area contributed by atoms with Crippen molar-refractivity contribution in [2.24, 2.45) is 5.41 Å². The molecule has 0 unspecified atom stereocenters. The van der Waals surface area contributed by atoms with E-state index in [1.54, 1.807) is 0 Å². The maximum atomic E-state index is 6.47. The standard InChI is InChI=1S/C37H23N2O.C23H34NSi.Ir/c1-3-13-25(14-4-1)27-18-11-19-28(26-15-5-2-6-16-26)35(27)39-33-23-9-8-22-32(33)38-37(39)31-21-12-20-30-29-17-7-10-24-34(29)40-36(30)31;1-22(2,3)15-18-14-20(24-16-21(18)25(7,8)9)17-11-10-12-19(13-17)23(4,5)6;/h1-20,22-24H;10,12-14,16H,15H2,1-9H3;/q2*-1;. The topological polar surface area (TPSA) is 43.9 Å². The van der Waals surface area contributed by atoms with Crippen LogP contribution in [0.2, 0.25) is 19.6 Å². The first-order valence-electron chi connectivity index (χ1n) is 22.7. The summed E-state index contributed by atoms with van der Waals surface area (Å²) < 4.78 is 8.76. The van der Waals surface area contributed by atoms with Crippen LogP contribution in [0.1, 0.15) is 52.7 Å². The van der Waals surface area contributed by atoms with Crippen molar-refractivity contribution in [3.63, 3.8) is 0 Å². The van der Waals surface area contributed by atoms with E-state index in [2.05, 4.69) is 211 Å². The Morgan fingerprint density at radius 1 is 0.636 bits per heavy atom. The maximum absolute atomic E-state index is 6.47. The summed E-state index contributed by atoms with van der Waals surface area (Å²) in [6, 6.07) is 63.8. The summed E-state index contributed by atoms with van der Waals surface area (Å²) >= 11 is 0. The number of furan rings is 1. The largest absolute Gasteiger partial charge is 0.501 e. The van der Waals surface area contributed by atoms with Crippen LogP contribution in [0.4, 0.5) is 0 Å². The van der Waals surface area contributed by atoms with Crippen molar-refractivity contribution in [3.05, 3.63) is 193 Å². The molecule has 0 saturated heterocycles. The van der Waals surface area contributed by atoms with E-state index in [0.717, 1.165) is 90.0 Å². The smallest absolute Gasteiger partial charge is 0.120 e. The van der Waals surface area contributed by atoms with E-state index in [1.165, 1.54) is 16.3 Å². The molecule has 0 N–H and O–H groups in total. The van der Waals surface area contributed by atoms with E-state index >= 15 is 0 Å². The fourth-order valence-corrected chi connectivity index (χ4v) is 10.5. The second-order valence-electron chi connectivity index (χ2n) is 20.3. The third-order valence-electron chi connectivity index (χ3n) is 12.0. The number of hydrogen-bond donors (Lipinski definition) is 0. The number of imidazole rings is 1. The van der Waals surface area contributed by atoms with Gasteiger partial charge in [0.1, 0.15) is 5.58 Å². The van der Waals surface area contributed by atoms with Gasteiger partial charge in [0, 0.05) is 42.8 Å². The first-order chi connectivity index (χ1) is 31.1. The third-order valence-corrected chi connectivity index (χ3v) is 14.1. The molecule has 0 aliphatic rings. The van der Waals surface area contributed by atoms with Crippen molar-refractivity contribution in [3.8, 4) is 50.6 Å². The van der Waals surface area contributed by atoms with E-state index in [9.17, 15) is 0 Å². The molecule has 7 aromatic carbocycles. The molecule has 1 radical (unpaired) electrons. The van der Waals surface area contributed by atoms with Crippen LogP contribution < -0.4 is 5.19 Å². The number of hydrogen-bond acceptors (Lipinski definition) is 3. The summed E-state index contributed by atoms with van der Waals surface area (Å²) in [5.41, 5.74) is 15.4. The van der Waals surface area contributed by atoms with Gasteiger partial charge in [0.15, 0.2) is 0 Å². The van der Waals surface area contributed by atoms with Gasteiger partial charge in [0.25, 0.3) is 0 Å². The predicted molar refractivity (Wildman–Crippen MR) is 277 cm³/mol. The van der Waals surface area contributed by atoms with Gasteiger partial charge in [-0.05, 0) is 57.5 Å². The maximum Gasteiger partial charge on any atom is 0.120 e. The van der Waals surface area contributed by atoms with Crippen LogP contribution >= 0.6 is 0 Å². The van der Waals surface area contributed by atoms with Crippen LogP contribution in [0.15, 0.2) is 174 Å². The molecule has 0 saturated carbocycles. The Balaban J connectivity index is 0.000000198. The zero-order chi connectivity index (χ0) is 45.5. The van der Waals surface area contributed by atoms with Gasteiger partial charge in [-0.25, -0.2) is 0 Å². The number of nitrogens with zero attached hydrogens (tertiary/aromatic N) is 3. The Morgan fingerprint density at radius 2 is 1.26 bits per heavy atom. The van der Waals surface area contributed by atoms with Crippen molar-refractivity contribution in [2.45, 2.75) is 73.0 Å².